The van der Waals surface area contributed by atoms with Gasteiger partial charge in [-0.15, -0.1) is 0 Å². The maximum atomic E-state index is 13.1. The fourth-order valence-electron chi connectivity index (χ4n) is 3.84. The average molecular weight is 492 g/mol. The Morgan fingerprint density at radius 1 is 0.943 bits per heavy atom. The van der Waals surface area contributed by atoms with Gasteiger partial charge in [-0.3, -0.25) is 4.79 Å². The summed E-state index contributed by atoms with van der Waals surface area (Å²) in [6.45, 7) is -0.642. The van der Waals surface area contributed by atoms with Crippen LogP contribution in [0.2, 0.25) is 0 Å². The number of phenolic OH excluding ortho intramolecular Hbond substituents is 2. The highest BCUT2D eigenvalue weighted by Crippen LogP contribution is 2.39. The van der Waals surface area contributed by atoms with Gasteiger partial charge in [-0.05, 0) is 18.2 Å². The summed E-state index contributed by atoms with van der Waals surface area (Å²) in [6.07, 6.45) is -7.59. The highest BCUT2D eigenvalue weighted by atomic mass is 16.7. The molecular formula is C23H24O12. The van der Waals surface area contributed by atoms with Crippen LogP contribution in [0.5, 0.6) is 28.7 Å². The largest absolute Gasteiger partial charge is 0.508 e. The van der Waals surface area contributed by atoms with Crippen LogP contribution in [0.4, 0.5) is 0 Å². The average Bonchev–Trinajstić information content (AvgIpc) is 2.84. The van der Waals surface area contributed by atoms with E-state index in [-0.39, 0.29) is 45.3 Å². The van der Waals surface area contributed by atoms with E-state index in [1.54, 1.807) is 0 Å². The fourth-order valence-corrected chi connectivity index (χ4v) is 3.84. The van der Waals surface area contributed by atoms with Crippen LogP contribution >= 0.6 is 0 Å². The van der Waals surface area contributed by atoms with Crippen LogP contribution in [-0.2, 0) is 4.74 Å². The molecule has 188 valence electrons. The molecular weight excluding hydrogens is 468 g/mol. The summed E-state index contributed by atoms with van der Waals surface area (Å²) in [5.74, 6) is -0.947. The Morgan fingerprint density at radius 2 is 1.69 bits per heavy atom. The van der Waals surface area contributed by atoms with Gasteiger partial charge in [0, 0.05) is 17.7 Å². The van der Waals surface area contributed by atoms with Crippen LogP contribution in [-0.4, -0.2) is 82.2 Å². The Morgan fingerprint density at radius 3 is 2.31 bits per heavy atom. The van der Waals surface area contributed by atoms with Gasteiger partial charge in [-0.2, -0.15) is 0 Å². The molecule has 12 heteroatoms. The summed E-state index contributed by atoms with van der Waals surface area (Å²) in [7, 11) is 2.60. The molecule has 3 aromatic rings. The Bertz CT molecular complexity index is 1280. The summed E-state index contributed by atoms with van der Waals surface area (Å²) >= 11 is 0. The Labute approximate surface area is 197 Å². The zero-order chi connectivity index (χ0) is 25.4. The van der Waals surface area contributed by atoms with Gasteiger partial charge in [-0.25, -0.2) is 0 Å². The molecule has 1 saturated heterocycles. The first-order valence-electron chi connectivity index (χ1n) is 10.4. The van der Waals surface area contributed by atoms with Crippen molar-refractivity contribution >= 4 is 11.0 Å². The predicted molar refractivity (Wildman–Crippen MR) is 119 cm³/mol. The zero-order valence-corrected chi connectivity index (χ0v) is 18.6. The number of benzene rings is 2. The van der Waals surface area contributed by atoms with E-state index in [2.05, 4.69) is 0 Å². The maximum Gasteiger partial charge on any atom is 0.239 e. The highest BCUT2D eigenvalue weighted by molar-refractivity contribution is 5.88. The van der Waals surface area contributed by atoms with Gasteiger partial charge >= 0.3 is 0 Å². The topological polar surface area (TPSA) is 189 Å². The number of hydrogen-bond acceptors (Lipinski definition) is 12. The summed E-state index contributed by atoms with van der Waals surface area (Å²) in [4.78, 5) is 13.1. The van der Waals surface area contributed by atoms with Gasteiger partial charge in [0.05, 0.1) is 20.8 Å². The van der Waals surface area contributed by atoms with E-state index in [0.29, 0.717) is 0 Å². The summed E-state index contributed by atoms with van der Waals surface area (Å²) < 4.78 is 27.0. The normalized spacial score (nSPS) is 24.3. The van der Waals surface area contributed by atoms with E-state index in [9.17, 15) is 35.4 Å². The third-order valence-electron chi connectivity index (χ3n) is 5.64. The molecule has 0 radical (unpaired) electrons. The summed E-state index contributed by atoms with van der Waals surface area (Å²) in [6, 6.07) is 6.41. The lowest BCUT2D eigenvalue weighted by Gasteiger charge is -2.39. The van der Waals surface area contributed by atoms with Crippen molar-refractivity contribution in [3.8, 4) is 40.1 Å². The van der Waals surface area contributed by atoms with E-state index in [1.807, 2.05) is 0 Å². The minimum absolute atomic E-state index is 0.0174. The van der Waals surface area contributed by atoms with Crippen LogP contribution in [0.15, 0.2) is 39.5 Å². The lowest BCUT2D eigenvalue weighted by atomic mass is 9.99. The second-order valence-electron chi connectivity index (χ2n) is 7.81. The molecule has 0 spiro atoms. The van der Waals surface area contributed by atoms with Gasteiger partial charge < -0.3 is 54.0 Å². The Kier molecular flexibility index (Phi) is 6.74. The molecule has 6 N–H and O–H groups in total. The third kappa shape index (κ3) is 4.33. The lowest BCUT2D eigenvalue weighted by molar-refractivity contribution is -0.277. The smallest absolute Gasteiger partial charge is 0.239 e. The van der Waals surface area contributed by atoms with Crippen molar-refractivity contribution in [2.45, 2.75) is 30.7 Å². The van der Waals surface area contributed by atoms with Crippen LogP contribution in [0.25, 0.3) is 22.3 Å². The quantitative estimate of drug-likeness (QED) is 0.272. The summed E-state index contributed by atoms with van der Waals surface area (Å²) in [5.41, 5.74) is -0.340. The Hall–Kier alpha value is -3.55. The minimum Gasteiger partial charge on any atom is -0.508 e. The molecule has 0 aliphatic carbocycles. The fraction of sp³-hybridized carbons (Fsp3) is 0.348. The number of fused-ring (bicyclic) bond motifs is 1. The molecule has 5 atom stereocenters. The molecule has 0 unspecified atom stereocenters. The third-order valence-corrected chi connectivity index (χ3v) is 5.64. The standard InChI is InChI=1S/C23H24O12/c1-31-13-6-10(25)7-14-16(13)18(28)22(32-2)21(33-14)9-3-4-12(11(26)5-9)34-23-20(30)19(29)17(27)15(8-24)35-23/h3-7,15,17,19-20,23-27,29-30H,8H2,1-2H3/t15-,17-,19+,20-,23-/m1/s1. The first kappa shape index (κ1) is 24.6. The van der Waals surface area contributed by atoms with Crippen molar-refractivity contribution in [1.82, 2.24) is 0 Å². The molecule has 0 bridgehead atoms. The Balaban J connectivity index is 1.72. The van der Waals surface area contributed by atoms with Gasteiger partial charge in [0.2, 0.25) is 17.5 Å². The second-order valence-corrected chi connectivity index (χ2v) is 7.81. The number of aliphatic hydroxyl groups excluding tert-OH is 4. The van der Waals surface area contributed by atoms with Crippen molar-refractivity contribution in [3.63, 3.8) is 0 Å². The molecule has 12 nitrogen and oxygen atoms in total. The van der Waals surface area contributed by atoms with E-state index in [4.69, 9.17) is 23.4 Å². The zero-order valence-electron chi connectivity index (χ0n) is 18.6. The van der Waals surface area contributed by atoms with E-state index < -0.39 is 48.5 Å². The molecule has 1 aliphatic heterocycles. The number of aromatic hydroxyl groups is 2. The molecule has 0 amide bonds. The summed E-state index contributed by atoms with van der Waals surface area (Å²) in [5, 5.41) is 59.8. The van der Waals surface area contributed by atoms with Crippen LogP contribution < -0.4 is 19.6 Å². The van der Waals surface area contributed by atoms with Crippen LogP contribution in [0, 0.1) is 0 Å². The van der Waals surface area contributed by atoms with E-state index in [1.165, 1.54) is 44.6 Å². The first-order valence-corrected chi connectivity index (χ1v) is 10.4. The number of rotatable bonds is 6. The van der Waals surface area contributed by atoms with Crippen LogP contribution in [0.3, 0.4) is 0 Å². The van der Waals surface area contributed by atoms with Crippen LogP contribution in [0.1, 0.15) is 0 Å². The molecule has 1 aliphatic rings. The van der Waals surface area contributed by atoms with E-state index >= 15 is 0 Å². The number of hydrogen-bond donors (Lipinski definition) is 6. The molecule has 1 fully saturated rings. The molecule has 35 heavy (non-hydrogen) atoms. The second kappa shape index (κ2) is 9.60. The van der Waals surface area contributed by atoms with Gasteiger partial charge in [0.1, 0.15) is 46.9 Å². The molecule has 4 rings (SSSR count). The predicted octanol–water partition coefficient (Wildman–Crippen LogP) is 0.0671. The van der Waals surface area contributed by atoms with E-state index in [0.717, 1.165) is 0 Å². The molecule has 2 aromatic carbocycles. The minimum atomic E-state index is -1.67. The van der Waals surface area contributed by atoms with Crippen molar-refractivity contribution < 1.29 is 54.0 Å². The van der Waals surface area contributed by atoms with Crippen molar-refractivity contribution in [2.75, 3.05) is 20.8 Å². The van der Waals surface area contributed by atoms with Crippen molar-refractivity contribution in [3.05, 3.63) is 40.6 Å². The highest BCUT2D eigenvalue weighted by Gasteiger charge is 2.45. The van der Waals surface area contributed by atoms with Gasteiger partial charge in [-0.1, -0.05) is 0 Å². The molecule has 1 aromatic heterocycles. The first-order chi connectivity index (χ1) is 16.7. The van der Waals surface area contributed by atoms with Crippen molar-refractivity contribution in [2.24, 2.45) is 0 Å². The lowest BCUT2D eigenvalue weighted by Crippen LogP contribution is -2.60. The SMILES string of the molecule is COc1c(-c2ccc(O[C@@H]3O[C@H](CO)[C@@H](O)[C@H](O)[C@H]3O)c(O)c2)oc2cc(O)cc(OC)c2c1=O. The number of aliphatic hydroxyl groups is 4. The van der Waals surface area contributed by atoms with Crippen molar-refractivity contribution in [1.29, 1.82) is 0 Å². The monoisotopic (exact) mass is 492 g/mol. The number of ether oxygens (including phenoxy) is 4. The maximum absolute atomic E-state index is 13.1. The van der Waals surface area contributed by atoms with Gasteiger partial charge in [0.15, 0.2) is 17.3 Å². The molecule has 2 heterocycles. The number of phenols is 2. The van der Waals surface area contributed by atoms with Gasteiger partial charge in [0.25, 0.3) is 0 Å². The number of methoxy groups -OCH3 is 2. The molecule has 0 saturated carbocycles.